The maximum Gasteiger partial charge on any atom is 0.483 e. The molecule has 10 heteroatoms. The summed E-state index contributed by atoms with van der Waals surface area (Å²) in [6, 6.07) is 0. The van der Waals surface area contributed by atoms with Crippen LogP contribution in [0.5, 0.6) is 0 Å². The van der Waals surface area contributed by atoms with Crippen LogP contribution >= 0.6 is 15.6 Å². The number of rotatable bonds is 6. The molecule has 8 nitrogen and oxygen atoms in total. The molecule has 0 saturated carbocycles. The lowest BCUT2D eigenvalue weighted by Gasteiger charge is -2.24. The Morgan fingerprint density at radius 2 is 1.37 bits per heavy atom. The standard InChI is InChI=1S/C9H22O8P2/c1-8(2,3)14-7-15-18(10,11)17-19(12,13)16-9(4,5)6/h7H2,1-6H3,(H,10,11)(H,12,13). The quantitative estimate of drug-likeness (QED) is 0.567. The van der Waals surface area contributed by atoms with Crippen LogP contribution in [0.3, 0.4) is 0 Å². The Morgan fingerprint density at radius 1 is 0.895 bits per heavy atom. The van der Waals surface area contributed by atoms with E-state index in [-0.39, 0.29) is 0 Å². The van der Waals surface area contributed by atoms with E-state index >= 15 is 0 Å². The van der Waals surface area contributed by atoms with E-state index in [1.807, 2.05) is 0 Å². The Kier molecular flexibility index (Phi) is 6.40. The van der Waals surface area contributed by atoms with Gasteiger partial charge in [0.25, 0.3) is 0 Å². The smallest absolute Gasteiger partial charge is 0.349 e. The van der Waals surface area contributed by atoms with Crippen LogP contribution in [0.2, 0.25) is 0 Å². The predicted octanol–water partition coefficient (Wildman–Crippen LogP) is 2.81. The minimum absolute atomic E-state index is 0.563. The molecule has 0 amide bonds. The fourth-order valence-electron chi connectivity index (χ4n) is 0.786. The molecule has 0 aromatic carbocycles. The van der Waals surface area contributed by atoms with Crippen LogP contribution in [-0.4, -0.2) is 27.8 Å². The Bertz CT molecular complexity index is 381. The van der Waals surface area contributed by atoms with Crippen LogP contribution in [0.15, 0.2) is 0 Å². The zero-order valence-electron chi connectivity index (χ0n) is 11.9. The van der Waals surface area contributed by atoms with Crippen molar-refractivity contribution in [1.82, 2.24) is 0 Å². The highest BCUT2D eigenvalue weighted by molar-refractivity contribution is 7.61. The third-order valence-electron chi connectivity index (χ3n) is 1.30. The van der Waals surface area contributed by atoms with Gasteiger partial charge in [-0.2, -0.15) is 4.31 Å². The molecule has 0 aromatic rings. The monoisotopic (exact) mass is 320 g/mol. The first kappa shape index (κ1) is 19.2. The lowest BCUT2D eigenvalue weighted by atomic mass is 10.2. The van der Waals surface area contributed by atoms with Crippen LogP contribution in [0.4, 0.5) is 0 Å². The minimum atomic E-state index is -4.75. The Labute approximate surface area is 113 Å². The van der Waals surface area contributed by atoms with Crippen molar-refractivity contribution in [2.75, 3.05) is 6.79 Å². The molecular weight excluding hydrogens is 298 g/mol. The second-order valence-corrected chi connectivity index (χ2v) is 8.69. The van der Waals surface area contributed by atoms with Crippen molar-refractivity contribution in [2.24, 2.45) is 0 Å². The van der Waals surface area contributed by atoms with Gasteiger partial charge in [-0.15, -0.1) is 0 Å². The third kappa shape index (κ3) is 11.7. The summed E-state index contributed by atoms with van der Waals surface area (Å²) >= 11 is 0. The van der Waals surface area contributed by atoms with Gasteiger partial charge in [0.15, 0.2) is 6.79 Å². The van der Waals surface area contributed by atoms with E-state index in [0.717, 1.165) is 0 Å². The summed E-state index contributed by atoms with van der Waals surface area (Å²) in [6.07, 6.45) is 0. The molecule has 0 radical (unpaired) electrons. The fourth-order valence-corrected chi connectivity index (χ4v) is 3.03. The van der Waals surface area contributed by atoms with Crippen molar-refractivity contribution in [3.05, 3.63) is 0 Å². The second kappa shape index (κ2) is 6.33. The van der Waals surface area contributed by atoms with Crippen LogP contribution < -0.4 is 0 Å². The second-order valence-electron chi connectivity index (χ2n) is 5.73. The average Bonchev–Trinajstić information content (AvgIpc) is 1.90. The first-order valence-electron chi connectivity index (χ1n) is 5.48. The molecule has 0 rings (SSSR count). The van der Waals surface area contributed by atoms with Gasteiger partial charge in [0.05, 0.1) is 11.2 Å². The summed E-state index contributed by atoms with van der Waals surface area (Å²) in [4.78, 5) is 18.6. The minimum Gasteiger partial charge on any atom is -0.349 e. The van der Waals surface area contributed by atoms with Gasteiger partial charge >= 0.3 is 15.6 Å². The van der Waals surface area contributed by atoms with E-state index < -0.39 is 33.6 Å². The lowest BCUT2D eigenvalue weighted by molar-refractivity contribution is -0.0839. The van der Waals surface area contributed by atoms with Crippen molar-refractivity contribution in [3.63, 3.8) is 0 Å². The number of hydrogen-bond donors (Lipinski definition) is 2. The molecule has 19 heavy (non-hydrogen) atoms. The van der Waals surface area contributed by atoms with Gasteiger partial charge < -0.3 is 14.5 Å². The molecular formula is C9H22O8P2. The first-order valence-corrected chi connectivity index (χ1v) is 8.47. The summed E-state index contributed by atoms with van der Waals surface area (Å²) < 4.78 is 41.1. The third-order valence-corrected chi connectivity index (χ3v) is 4.16. The summed E-state index contributed by atoms with van der Waals surface area (Å²) in [7, 11) is -9.46. The van der Waals surface area contributed by atoms with Gasteiger partial charge in [0, 0.05) is 0 Å². The first-order chi connectivity index (χ1) is 8.12. The zero-order valence-corrected chi connectivity index (χ0v) is 13.7. The molecule has 0 aliphatic carbocycles. The SMILES string of the molecule is CC(C)(C)OCOP(=O)(O)OP(=O)(O)OC(C)(C)C. The van der Waals surface area contributed by atoms with E-state index in [9.17, 15) is 18.9 Å². The van der Waals surface area contributed by atoms with Gasteiger partial charge in [0.2, 0.25) is 0 Å². The molecule has 2 unspecified atom stereocenters. The van der Waals surface area contributed by atoms with Crippen LogP contribution in [-0.2, 0) is 27.2 Å². The van der Waals surface area contributed by atoms with E-state index in [2.05, 4.69) is 13.4 Å². The molecule has 2 atom stereocenters. The summed E-state index contributed by atoms with van der Waals surface area (Å²) in [5, 5.41) is 0. The van der Waals surface area contributed by atoms with Crippen molar-refractivity contribution in [2.45, 2.75) is 52.7 Å². The maximum absolute atomic E-state index is 11.5. The molecule has 0 heterocycles. The Balaban J connectivity index is 4.44. The lowest BCUT2D eigenvalue weighted by Crippen LogP contribution is -2.21. The maximum atomic E-state index is 11.5. The summed E-state index contributed by atoms with van der Waals surface area (Å²) in [5.74, 6) is 0. The van der Waals surface area contributed by atoms with E-state index in [0.29, 0.717) is 0 Å². The highest BCUT2D eigenvalue weighted by Gasteiger charge is 2.38. The molecule has 0 bridgehead atoms. The number of ether oxygens (including phenoxy) is 1. The van der Waals surface area contributed by atoms with Gasteiger partial charge in [-0.05, 0) is 41.5 Å². The summed E-state index contributed by atoms with van der Waals surface area (Å²) in [5.41, 5.74) is -1.61. The Morgan fingerprint density at radius 3 is 1.74 bits per heavy atom. The number of phosphoric ester groups is 2. The average molecular weight is 320 g/mol. The molecule has 0 spiro atoms. The Hall–Kier alpha value is 0.220. The van der Waals surface area contributed by atoms with Gasteiger partial charge in [-0.1, -0.05) is 0 Å². The molecule has 0 saturated heterocycles. The summed E-state index contributed by atoms with van der Waals surface area (Å²) in [6.45, 7) is 9.03. The number of hydrogen-bond acceptors (Lipinski definition) is 6. The van der Waals surface area contributed by atoms with Crippen LogP contribution in [0.1, 0.15) is 41.5 Å². The number of phosphoric acid groups is 2. The predicted molar refractivity (Wildman–Crippen MR) is 68.4 cm³/mol. The zero-order chi connectivity index (χ0) is 15.5. The van der Waals surface area contributed by atoms with Gasteiger partial charge in [-0.25, -0.2) is 9.13 Å². The molecule has 0 aliphatic rings. The largest absolute Gasteiger partial charge is 0.483 e. The molecule has 116 valence electrons. The molecule has 2 N–H and O–H groups in total. The molecule has 0 aliphatic heterocycles. The van der Waals surface area contributed by atoms with Gasteiger partial charge in [-0.3, -0.25) is 9.05 Å². The van der Waals surface area contributed by atoms with Gasteiger partial charge in [0.1, 0.15) is 0 Å². The topological polar surface area (TPSA) is 112 Å². The van der Waals surface area contributed by atoms with E-state index in [1.165, 1.54) is 20.8 Å². The van der Waals surface area contributed by atoms with Crippen LogP contribution in [0, 0.1) is 0 Å². The highest BCUT2D eigenvalue weighted by atomic mass is 31.3. The van der Waals surface area contributed by atoms with Crippen LogP contribution in [0.25, 0.3) is 0 Å². The van der Waals surface area contributed by atoms with Crippen molar-refractivity contribution in [3.8, 4) is 0 Å². The molecule has 0 aromatic heterocycles. The van der Waals surface area contributed by atoms with E-state index in [4.69, 9.17) is 4.74 Å². The van der Waals surface area contributed by atoms with Crippen molar-refractivity contribution < 1.29 is 37.0 Å². The molecule has 0 fully saturated rings. The van der Waals surface area contributed by atoms with Crippen molar-refractivity contribution in [1.29, 1.82) is 0 Å². The normalized spacial score (nSPS) is 19.8. The fraction of sp³-hybridized carbons (Fsp3) is 1.00. The highest BCUT2D eigenvalue weighted by Crippen LogP contribution is 2.61. The van der Waals surface area contributed by atoms with Crippen molar-refractivity contribution >= 4 is 15.6 Å². The van der Waals surface area contributed by atoms with E-state index in [1.54, 1.807) is 20.8 Å².